The average Bonchev–Trinajstić information content (AvgIpc) is 3.29. The Kier molecular flexibility index (Phi) is 8.17. The van der Waals surface area contributed by atoms with Crippen LogP contribution >= 0.6 is 0 Å². The van der Waals surface area contributed by atoms with Crippen LogP contribution in [0.3, 0.4) is 0 Å². The lowest BCUT2D eigenvalue weighted by Crippen LogP contribution is -2.54. The molecule has 1 aromatic carbocycles. The molecule has 6 rings (SSSR count). The largest absolute Gasteiger partial charge is 0.393 e. The zero-order chi connectivity index (χ0) is 30.0. The number of hydrogen-bond donors (Lipinski definition) is 2. The van der Waals surface area contributed by atoms with Gasteiger partial charge < -0.3 is 10.2 Å². The molecule has 7 heteroatoms. The van der Waals surface area contributed by atoms with E-state index in [2.05, 4.69) is 13.8 Å². The molecule has 0 saturated heterocycles. The van der Waals surface area contributed by atoms with Gasteiger partial charge in [0, 0.05) is 12.8 Å². The topological polar surface area (TPSA) is 74.6 Å². The van der Waals surface area contributed by atoms with Crippen LogP contribution in [0, 0.1) is 40.4 Å². The first kappa shape index (κ1) is 31.0. The van der Waals surface area contributed by atoms with Gasteiger partial charge in [-0.25, -0.2) is 17.2 Å². The van der Waals surface area contributed by atoms with Crippen LogP contribution in [0.2, 0.25) is 0 Å². The van der Waals surface area contributed by atoms with Crippen LogP contribution in [0.5, 0.6) is 0 Å². The molecule has 2 N–H and O–H groups in total. The van der Waals surface area contributed by atoms with Gasteiger partial charge >= 0.3 is 0 Å². The second-order valence-corrected chi connectivity index (χ2v) is 18.0. The minimum atomic E-state index is -3.64. The Labute approximate surface area is 252 Å². The number of aliphatic hydroxyl groups excluding tert-OH is 1. The third-order valence-corrected chi connectivity index (χ3v) is 16.0. The molecule has 0 aromatic heterocycles. The van der Waals surface area contributed by atoms with E-state index in [9.17, 15) is 27.4 Å². The highest BCUT2D eigenvalue weighted by molar-refractivity contribution is 7.92. The van der Waals surface area contributed by atoms with E-state index in [1.165, 1.54) is 19.3 Å². The summed E-state index contributed by atoms with van der Waals surface area (Å²) < 4.78 is 55.9. The Hall–Kier alpha value is -1.05. The summed E-state index contributed by atoms with van der Waals surface area (Å²) in [6, 6.07) is 8.68. The number of fused-ring (bicyclic) bond motifs is 5. The molecule has 236 valence electrons. The Balaban J connectivity index is 1.21. The summed E-state index contributed by atoms with van der Waals surface area (Å²) in [4.78, 5) is 0.325. The van der Waals surface area contributed by atoms with Gasteiger partial charge in [0.25, 0.3) is 0 Å². The van der Waals surface area contributed by atoms with Crippen LogP contribution in [0.4, 0.5) is 8.78 Å². The van der Waals surface area contributed by atoms with Gasteiger partial charge in [-0.05, 0) is 142 Å². The lowest BCUT2D eigenvalue weighted by atomic mass is 9.44. The number of hydrogen-bond acceptors (Lipinski definition) is 4. The Bertz CT molecular complexity index is 1210. The highest BCUT2D eigenvalue weighted by atomic mass is 32.2. The zero-order valence-electron chi connectivity index (χ0n) is 25.6. The van der Waals surface area contributed by atoms with Gasteiger partial charge in [-0.1, -0.05) is 32.0 Å². The van der Waals surface area contributed by atoms with Crippen molar-refractivity contribution in [3.63, 3.8) is 0 Å². The van der Waals surface area contributed by atoms with Crippen molar-refractivity contribution in [3.05, 3.63) is 30.3 Å². The molecule has 5 aliphatic rings. The summed E-state index contributed by atoms with van der Waals surface area (Å²) in [7, 11) is -3.64. The summed E-state index contributed by atoms with van der Waals surface area (Å²) in [5.74, 6) is 0.172. The van der Waals surface area contributed by atoms with Crippen LogP contribution < -0.4 is 0 Å². The van der Waals surface area contributed by atoms with Crippen LogP contribution in [0.25, 0.3) is 0 Å². The van der Waals surface area contributed by atoms with E-state index in [1.807, 2.05) is 6.07 Å². The van der Waals surface area contributed by atoms with Gasteiger partial charge in [-0.2, -0.15) is 0 Å². The number of sulfone groups is 1. The Morgan fingerprint density at radius 3 is 2.24 bits per heavy atom. The van der Waals surface area contributed by atoms with Crippen molar-refractivity contribution >= 4 is 9.84 Å². The van der Waals surface area contributed by atoms with E-state index in [-0.39, 0.29) is 43.6 Å². The highest BCUT2D eigenvalue weighted by Crippen LogP contribution is 2.68. The third-order valence-electron chi connectivity index (χ3n) is 13.7. The van der Waals surface area contributed by atoms with Crippen molar-refractivity contribution in [2.75, 3.05) is 0 Å². The van der Waals surface area contributed by atoms with Gasteiger partial charge in [0.2, 0.25) is 5.92 Å². The molecule has 0 radical (unpaired) electrons. The second kappa shape index (κ2) is 11.1. The molecule has 0 bridgehead atoms. The maximum Gasteiger partial charge on any atom is 0.248 e. The monoisotopic (exact) mass is 606 g/mol. The van der Waals surface area contributed by atoms with Crippen molar-refractivity contribution < 1.29 is 27.4 Å². The van der Waals surface area contributed by atoms with E-state index >= 15 is 0 Å². The predicted octanol–water partition coefficient (Wildman–Crippen LogP) is 7.96. The number of halogens is 2. The van der Waals surface area contributed by atoms with Gasteiger partial charge in [0.1, 0.15) is 0 Å². The molecule has 9 atom stereocenters. The van der Waals surface area contributed by atoms with E-state index in [1.54, 1.807) is 24.3 Å². The molecule has 4 nitrogen and oxygen atoms in total. The fourth-order valence-corrected chi connectivity index (χ4v) is 12.8. The van der Waals surface area contributed by atoms with Crippen molar-refractivity contribution in [2.24, 2.45) is 40.4 Å². The van der Waals surface area contributed by atoms with Crippen LogP contribution in [0.1, 0.15) is 117 Å². The molecule has 42 heavy (non-hydrogen) atoms. The highest BCUT2D eigenvalue weighted by Gasteiger charge is 2.60. The zero-order valence-corrected chi connectivity index (χ0v) is 26.4. The molecule has 0 aliphatic heterocycles. The van der Waals surface area contributed by atoms with Gasteiger partial charge in [0.05, 0.1) is 21.9 Å². The maximum absolute atomic E-state index is 14.1. The molecule has 5 aliphatic carbocycles. The molecular weight excluding hydrogens is 554 g/mol. The number of rotatable bonds is 7. The summed E-state index contributed by atoms with van der Waals surface area (Å²) >= 11 is 0. The standard InChI is InChI=1S/C35H52F2O4S/c1-32-15-12-26(38)22-24(32)8-10-29-30-11-9-25(33(30,2)16-14-31(29)32)23-28(42(40,41)27-6-4-3-5-7-27)13-17-34(39)18-20-35(36,37)21-19-34/h3-7,24-26,28-31,38-39H,8-23H2,1-2H3/t24?,25-,26?,28?,29+,30?,31?,32?,33?/m1/s1. The molecular formula is C35H52F2O4S. The van der Waals surface area contributed by atoms with Crippen LogP contribution in [0.15, 0.2) is 35.2 Å². The maximum atomic E-state index is 14.1. The number of alkyl halides is 2. The average molecular weight is 607 g/mol. The van der Waals surface area contributed by atoms with Gasteiger partial charge in [-0.3, -0.25) is 0 Å². The van der Waals surface area contributed by atoms with Crippen LogP contribution in [-0.2, 0) is 9.84 Å². The molecule has 5 saturated carbocycles. The molecule has 5 fully saturated rings. The van der Waals surface area contributed by atoms with Gasteiger partial charge in [-0.15, -0.1) is 0 Å². The molecule has 1 aromatic rings. The van der Waals surface area contributed by atoms with Crippen molar-refractivity contribution in [2.45, 2.75) is 144 Å². The lowest BCUT2D eigenvalue weighted by molar-refractivity contribution is -0.127. The number of benzene rings is 1. The fourth-order valence-electron chi connectivity index (χ4n) is 11.0. The first-order valence-electron chi connectivity index (χ1n) is 16.8. The quantitative estimate of drug-likeness (QED) is 0.330. The van der Waals surface area contributed by atoms with E-state index in [4.69, 9.17) is 0 Å². The predicted molar refractivity (Wildman–Crippen MR) is 161 cm³/mol. The van der Waals surface area contributed by atoms with Crippen molar-refractivity contribution in [3.8, 4) is 0 Å². The molecule has 0 spiro atoms. The molecule has 0 amide bonds. The minimum Gasteiger partial charge on any atom is -0.393 e. The summed E-state index contributed by atoms with van der Waals surface area (Å²) in [6.45, 7) is 4.94. The molecule has 7 unspecified atom stereocenters. The van der Waals surface area contributed by atoms with Crippen molar-refractivity contribution in [1.82, 2.24) is 0 Å². The van der Waals surface area contributed by atoms with Crippen LogP contribution in [-0.4, -0.2) is 41.5 Å². The first-order valence-corrected chi connectivity index (χ1v) is 18.4. The molecule has 0 heterocycles. The van der Waals surface area contributed by atoms with E-state index < -0.39 is 26.6 Å². The summed E-state index contributed by atoms with van der Waals surface area (Å²) in [6.07, 6.45) is 10.4. The lowest BCUT2D eigenvalue weighted by Gasteiger charge is -2.61. The Morgan fingerprint density at radius 1 is 0.857 bits per heavy atom. The van der Waals surface area contributed by atoms with E-state index in [0.717, 1.165) is 38.5 Å². The number of aliphatic hydroxyl groups is 2. The minimum absolute atomic E-state index is 0.0289. The SMILES string of the molecule is CC12CCC(O)CC1CC[C@@H]1C2CCC2(C)C1CC[C@@H]2CC(CCC1(O)CCC(F)(F)CC1)S(=O)(=O)c1ccccc1. The first-order chi connectivity index (χ1) is 19.8. The van der Waals surface area contributed by atoms with Crippen molar-refractivity contribution in [1.29, 1.82) is 0 Å². The second-order valence-electron chi connectivity index (χ2n) is 15.7. The summed E-state index contributed by atoms with van der Waals surface area (Å²) in [5, 5.41) is 21.0. The summed E-state index contributed by atoms with van der Waals surface area (Å²) in [5.41, 5.74) is -0.798. The van der Waals surface area contributed by atoms with Gasteiger partial charge in [0.15, 0.2) is 9.84 Å². The smallest absolute Gasteiger partial charge is 0.248 e. The fraction of sp³-hybridized carbons (Fsp3) is 0.829. The Morgan fingerprint density at radius 2 is 1.52 bits per heavy atom. The normalized spacial score (nSPS) is 41.8. The third kappa shape index (κ3) is 5.50. The van der Waals surface area contributed by atoms with E-state index in [0.29, 0.717) is 52.7 Å².